The van der Waals surface area contributed by atoms with Gasteiger partial charge in [-0.3, -0.25) is 0 Å². The monoisotopic (exact) mass is 280 g/mol. The summed E-state index contributed by atoms with van der Waals surface area (Å²) < 4.78 is 35.7. The maximum atomic E-state index is 12.5. The van der Waals surface area contributed by atoms with Gasteiger partial charge in [-0.15, -0.1) is 0 Å². The summed E-state index contributed by atoms with van der Waals surface area (Å²) in [7, 11) is 1.46. The number of rotatable bonds is 4. The number of benzene rings is 1. The van der Waals surface area contributed by atoms with Gasteiger partial charge in [-0.25, -0.2) is 8.78 Å². The van der Waals surface area contributed by atoms with Crippen molar-refractivity contribution in [1.82, 2.24) is 0 Å². The Bertz CT molecular complexity index is 342. The molecule has 15 heavy (non-hydrogen) atoms. The smallest absolute Gasteiger partial charge is 0.264 e. The van der Waals surface area contributed by atoms with Gasteiger partial charge in [-0.05, 0) is 35.0 Å². The lowest BCUT2D eigenvalue weighted by molar-refractivity contribution is 0.150. The van der Waals surface area contributed by atoms with E-state index < -0.39 is 6.43 Å². The van der Waals surface area contributed by atoms with Crippen molar-refractivity contribution < 1.29 is 18.3 Å². The van der Waals surface area contributed by atoms with Crippen molar-refractivity contribution in [2.75, 3.05) is 13.7 Å². The van der Waals surface area contributed by atoms with Gasteiger partial charge >= 0.3 is 0 Å². The van der Waals surface area contributed by atoms with Crippen LogP contribution in [-0.4, -0.2) is 13.7 Å². The molecule has 1 aromatic rings. The Morgan fingerprint density at radius 2 is 2.07 bits per heavy atom. The molecule has 0 saturated heterocycles. The molecule has 2 nitrogen and oxygen atoms in total. The summed E-state index contributed by atoms with van der Waals surface area (Å²) >= 11 is 3.16. The normalized spacial score (nSPS) is 10.5. The first-order valence-electron chi connectivity index (χ1n) is 4.38. The van der Waals surface area contributed by atoms with Gasteiger partial charge in [0.25, 0.3) is 6.43 Å². The predicted octanol–water partition coefficient (Wildman–Crippen LogP) is 3.79. The summed E-state index contributed by atoms with van der Waals surface area (Å²) in [6.45, 7) is 2.18. The maximum Gasteiger partial charge on any atom is 0.264 e. The van der Waals surface area contributed by atoms with E-state index in [0.717, 1.165) is 0 Å². The minimum absolute atomic E-state index is 0.0916. The quantitative estimate of drug-likeness (QED) is 0.835. The van der Waals surface area contributed by atoms with Gasteiger partial charge in [0.15, 0.2) is 11.5 Å². The van der Waals surface area contributed by atoms with Crippen molar-refractivity contribution in [2.45, 2.75) is 13.3 Å². The molecule has 0 fully saturated rings. The lowest BCUT2D eigenvalue weighted by atomic mass is 10.2. The lowest BCUT2D eigenvalue weighted by Gasteiger charge is -2.12. The molecule has 0 bridgehead atoms. The van der Waals surface area contributed by atoms with E-state index in [0.29, 0.717) is 22.6 Å². The summed E-state index contributed by atoms with van der Waals surface area (Å²) in [6, 6.07) is 2.61. The van der Waals surface area contributed by atoms with E-state index in [2.05, 4.69) is 15.9 Å². The first-order chi connectivity index (χ1) is 7.10. The van der Waals surface area contributed by atoms with Gasteiger partial charge in [0.2, 0.25) is 0 Å². The second kappa shape index (κ2) is 5.30. The summed E-state index contributed by atoms with van der Waals surface area (Å²) in [4.78, 5) is 0. The zero-order valence-electron chi connectivity index (χ0n) is 8.39. The Morgan fingerprint density at radius 3 is 2.53 bits per heavy atom. The molecule has 0 radical (unpaired) electrons. The highest BCUT2D eigenvalue weighted by molar-refractivity contribution is 9.10. The molecule has 0 unspecified atom stereocenters. The van der Waals surface area contributed by atoms with Crippen LogP contribution in [0, 0.1) is 0 Å². The zero-order valence-corrected chi connectivity index (χ0v) is 9.98. The maximum absolute atomic E-state index is 12.5. The molecule has 0 heterocycles. The Kier molecular flexibility index (Phi) is 4.32. The fourth-order valence-electron chi connectivity index (χ4n) is 1.17. The van der Waals surface area contributed by atoms with Crippen LogP contribution in [0.1, 0.15) is 18.9 Å². The Hall–Kier alpha value is -0.840. The average molecular weight is 281 g/mol. The molecule has 0 N–H and O–H groups in total. The third kappa shape index (κ3) is 2.81. The summed E-state index contributed by atoms with van der Waals surface area (Å²) in [5, 5.41) is 0. The SMILES string of the molecule is CCOc1cc(C(F)F)cc(Br)c1OC. The van der Waals surface area contributed by atoms with Crippen LogP contribution in [0.15, 0.2) is 16.6 Å². The van der Waals surface area contributed by atoms with Gasteiger partial charge in [0.05, 0.1) is 18.2 Å². The van der Waals surface area contributed by atoms with Crippen LogP contribution < -0.4 is 9.47 Å². The average Bonchev–Trinajstić information content (AvgIpc) is 2.17. The van der Waals surface area contributed by atoms with Gasteiger partial charge < -0.3 is 9.47 Å². The molecule has 5 heteroatoms. The molecule has 0 aliphatic rings. The van der Waals surface area contributed by atoms with Crippen LogP contribution in [0.3, 0.4) is 0 Å². The molecule has 0 aromatic heterocycles. The number of alkyl halides is 2. The summed E-state index contributed by atoms with van der Waals surface area (Å²) in [5.41, 5.74) is -0.0916. The van der Waals surface area contributed by atoms with Crippen molar-refractivity contribution in [3.8, 4) is 11.5 Å². The van der Waals surface area contributed by atoms with E-state index in [9.17, 15) is 8.78 Å². The number of ether oxygens (including phenoxy) is 2. The lowest BCUT2D eigenvalue weighted by Crippen LogP contribution is -1.98. The van der Waals surface area contributed by atoms with Crippen molar-refractivity contribution in [1.29, 1.82) is 0 Å². The Labute approximate surface area is 95.3 Å². The summed E-state index contributed by atoms with van der Waals surface area (Å²) in [5.74, 6) is 0.755. The minimum Gasteiger partial charge on any atom is -0.492 e. The van der Waals surface area contributed by atoms with Gasteiger partial charge in [0, 0.05) is 5.56 Å². The topological polar surface area (TPSA) is 18.5 Å². The summed E-state index contributed by atoms with van der Waals surface area (Å²) in [6.07, 6.45) is -2.52. The number of halogens is 3. The highest BCUT2D eigenvalue weighted by Crippen LogP contribution is 2.38. The van der Waals surface area contributed by atoms with Crippen molar-refractivity contribution in [2.24, 2.45) is 0 Å². The Balaban J connectivity index is 3.19. The fraction of sp³-hybridized carbons (Fsp3) is 0.400. The molecule has 1 aromatic carbocycles. The standard InChI is InChI=1S/C10H11BrF2O2/c1-3-15-8-5-6(10(12)13)4-7(11)9(8)14-2/h4-5,10H,3H2,1-2H3. The van der Waals surface area contributed by atoms with Crippen molar-refractivity contribution >= 4 is 15.9 Å². The minimum atomic E-state index is -2.52. The molecule has 84 valence electrons. The van der Waals surface area contributed by atoms with Crippen LogP contribution in [0.2, 0.25) is 0 Å². The zero-order chi connectivity index (χ0) is 11.4. The van der Waals surface area contributed by atoms with Crippen molar-refractivity contribution in [3.63, 3.8) is 0 Å². The van der Waals surface area contributed by atoms with E-state index in [1.807, 2.05) is 0 Å². The second-order valence-corrected chi connectivity index (χ2v) is 3.62. The largest absolute Gasteiger partial charge is 0.492 e. The highest BCUT2D eigenvalue weighted by Gasteiger charge is 2.15. The molecule has 0 spiro atoms. The van der Waals surface area contributed by atoms with E-state index >= 15 is 0 Å². The number of methoxy groups -OCH3 is 1. The van der Waals surface area contributed by atoms with Gasteiger partial charge in [-0.1, -0.05) is 0 Å². The molecular weight excluding hydrogens is 270 g/mol. The van der Waals surface area contributed by atoms with Crippen LogP contribution in [-0.2, 0) is 0 Å². The fourth-order valence-corrected chi connectivity index (χ4v) is 1.80. The first kappa shape index (κ1) is 12.2. The van der Waals surface area contributed by atoms with E-state index in [4.69, 9.17) is 9.47 Å². The first-order valence-corrected chi connectivity index (χ1v) is 5.17. The van der Waals surface area contributed by atoms with E-state index in [1.54, 1.807) is 6.92 Å². The third-order valence-corrected chi connectivity index (χ3v) is 2.38. The molecular formula is C10H11BrF2O2. The molecule has 0 amide bonds. The van der Waals surface area contributed by atoms with Crippen LogP contribution in [0.5, 0.6) is 11.5 Å². The highest BCUT2D eigenvalue weighted by atomic mass is 79.9. The second-order valence-electron chi connectivity index (χ2n) is 2.77. The van der Waals surface area contributed by atoms with Crippen LogP contribution in [0.4, 0.5) is 8.78 Å². The molecule has 1 rings (SSSR count). The number of hydrogen-bond acceptors (Lipinski definition) is 2. The van der Waals surface area contributed by atoms with Crippen LogP contribution >= 0.6 is 15.9 Å². The third-order valence-electron chi connectivity index (χ3n) is 1.79. The molecule has 0 aliphatic carbocycles. The predicted molar refractivity (Wildman–Crippen MR) is 56.8 cm³/mol. The van der Waals surface area contributed by atoms with E-state index in [1.165, 1.54) is 19.2 Å². The number of hydrogen-bond donors (Lipinski definition) is 0. The van der Waals surface area contributed by atoms with Crippen LogP contribution in [0.25, 0.3) is 0 Å². The van der Waals surface area contributed by atoms with Gasteiger partial charge in [0.1, 0.15) is 0 Å². The Morgan fingerprint density at radius 1 is 1.40 bits per heavy atom. The van der Waals surface area contributed by atoms with E-state index in [-0.39, 0.29) is 5.56 Å². The molecule has 0 saturated carbocycles. The van der Waals surface area contributed by atoms with Gasteiger partial charge in [-0.2, -0.15) is 0 Å². The molecule has 0 atom stereocenters. The van der Waals surface area contributed by atoms with Crippen molar-refractivity contribution in [3.05, 3.63) is 22.2 Å². The molecule has 0 aliphatic heterocycles.